The minimum absolute atomic E-state index is 0.000471. The van der Waals surface area contributed by atoms with Gasteiger partial charge in [-0.3, -0.25) is 19.8 Å². The van der Waals surface area contributed by atoms with Crippen molar-refractivity contribution in [2.75, 3.05) is 39.5 Å². The normalized spacial score (nSPS) is 15.5. The van der Waals surface area contributed by atoms with Crippen molar-refractivity contribution in [1.29, 1.82) is 0 Å². The summed E-state index contributed by atoms with van der Waals surface area (Å²) in [5, 5.41) is 14.2. The molecule has 1 N–H and O–H groups in total. The van der Waals surface area contributed by atoms with E-state index in [2.05, 4.69) is 10.2 Å². The molecule has 0 saturated carbocycles. The summed E-state index contributed by atoms with van der Waals surface area (Å²) < 4.78 is 10.8. The first-order chi connectivity index (χ1) is 14.0. The number of nitro benzene ring substituents is 1. The van der Waals surface area contributed by atoms with Gasteiger partial charge in [-0.25, -0.2) is 0 Å². The van der Waals surface area contributed by atoms with Gasteiger partial charge in [-0.1, -0.05) is 23.7 Å². The molecule has 1 atom stereocenters. The molecule has 1 aliphatic heterocycles. The Hall–Kier alpha value is -2.68. The monoisotopic (exact) mass is 419 g/mol. The van der Waals surface area contributed by atoms with E-state index in [0.717, 1.165) is 18.7 Å². The maximum atomic E-state index is 12.3. The SMILES string of the molecule is O=C(COc1ccc([N+](=O)[O-])cc1)NCC(c1ccc(Cl)cc1)N1CCOCC1. The Balaban J connectivity index is 1.55. The lowest BCUT2D eigenvalue weighted by Gasteiger charge is -2.35. The number of morpholine rings is 1. The van der Waals surface area contributed by atoms with Crippen LogP contribution in [0, 0.1) is 10.1 Å². The van der Waals surface area contributed by atoms with E-state index in [1.165, 1.54) is 24.3 Å². The van der Waals surface area contributed by atoms with E-state index < -0.39 is 4.92 Å². The van der Waals surface area contributed by atoms with Gasteiger partial charge in [-0.15, -0.1) is 0 Å². The minimum atomic E-state index is -0.487. The summed E-state index contributed by atoms with van der Waals surface area (Å²) in [4.78, 5) is 24.7. The predicted octanol–water partition coefficient (Wildman–Crippen LogP) is 2.82. The van der Waals surface area contributed by atoms with Gasteiger partial charge < -0.3 is 14.8 Å². The molecule has 1 unspecified atom stereocenters. The van der Waals surface area contributed by atoms with Crippen LogP contribution >= 0.6 is 11.6 Å². The molecule has 0 radical (unpaired) electrons. The Morgan fingerprint density at radius 1 is 1.17 bits per heavy atom. The van der Waals surface area contributed by atoms with E-state index in [4.69, 9.17) is 21.1 Å². The standard InChI is InChI=1S/C20H22ClN3O5/c21-16-3-1-15(2-4-16)19(23-9-11-28-12-10-23)13-22-20(25)14-29-18-7-5-17(6-8-18)24(26)27/h1-8,19H,9-14H2,(H,22,25). The summed E-state index contributed by atoms with van der Waals surface area (Å²) in [5.41, 5.74) is 1.03. The van der Waals surface area contributed by atoms with Crippen molar-refractivity contribution < 1.29 is 19.2 Å². The number of rotatable bonds is 8. The first-order valence-electron chi connectivity index (χ1n) is 9.24. The van der Waals surface area contributed by atoms with E-state index in [1.807, 2.05) is 24.3 Å². The van der Waals surface area contributed by atoms with Crippen molar-refractivity contribution in [2.24, 2.45) is 0 Å². The molecule has 9 heteroatoms. The van der Waals surface area contributed by atoms with Gasteiger partial charge in [0.2, 0.25) is 0 Å². The fraction of sp³-hybridized carbons (Fsp3) is 0.350. The molecule has 1 amide bonds. The van der Waals surface area contributed by atoms with Crippen LogP contribution in [0.3, 0.4) is 0 Å². The number of nitro groups is 1. The number of carbonyl (C=O) groups excluding carboxylic acids is 1. The second-order valence-electron chi connectivity index (χ2n) is 6.56. The van der Waals surface area contributed by atoms with Crippen molar-refractivity contribution in [3.63, 3.8) is 0 Å². The molecule has 154 valence electrons. The van der Waals surface area contributed by atoms with Gasteiger partial charge >= 0.3 is 0 Å². The first-order valence-corrected chi connectivity index (χ1v) is 9.62. The Bertz CT molecular complexity index is 823. The van der Waals surface area contributed by atoms with Gasteiger partial charge in [0.05, 0.1) is 24.2 Å². The minimum Gasteiger partial charge on any atom is -0.484 e. The third-order valence-electron chi connectivity index (χ3n) is 4.65. The van der Waals surface area contributed by atoms with Crippen molar-refractivity contribution >= 4 is 23.2 Å². The molecular formula is C20H22ClN3O5. The number of ether oxygens (including phenoxy) is 2. The average Bonchev–Trinajstić information content (AvgIpc) is 2.74. The number of non-ortho nitro benzene ring substituents is 1. The fourth-order valence-electron chi connectivity index (χ4n) is 3.11. The Morgan fingerprint density at radius 2 is 1.83 bits per heavy atom. The zero-order valence-electron chi connectivity index (χ0n) is 15.8. The van der Waals surface area contributed by atoms with Crippen molar-refractivity contribution in [2.45, 2.75) is 6.04 Å². The Kier molecular flexibility index (Phi) is 7.40. The summed E-state index contributed by atoms with van der Waals surface area (Å²) in [6, 6.07) is 13.2. The highest BCUT2D eigenvalue weighted by Gasteiger charge is 2.23. The lowest BCUT2D eigenvalue weighted by Crippen LogP contribution is -2.44. The summed E-state index contributed by atoms with van der Waals surface area (Å²) >= 11 is 6.00. The van der Waals surface area contributed by atoms with Gasteiger partial charge in [0.25, 0.3) is 11.6 Å². The van der Waals surface area contributed by atoms with E-state index in [1.54, 1.807) is 0 Å². The highest BCUT2D eigenvalue weighted by molar-refractivity contribution is 6.30. The molecule has 2 aromatic carbocycles. The molecule has 1 fully saturated rings. The quantitative estimate of drug-likeness (QED) is 0.522. The third kappa shape index (κ3) is 6.15. The van der Waals surface area contributed by atoms with Crippen LogP contribution in [0.1, 0.15) is 11.6 Å². The Morgan fingerprint density at radius 3 is 2.45 bits per heavy atom. The van der Waals surface area contributed by atoms with Gasteiger partial charge in [-0.05, 0) is 29.8 Å². The Labute approximate surface area is 173 Å². The van der Waals surface area contributed by atoms with Crippen LogP contribution in [0.5, 0.6) is 5.75 Å². The number of hydrogen-bond donors (Lipinski definition) is 1. The van der Waals surface area contributed by atoms with Crippen LogP contribution in [0.25, 0.3) is 0 Å². The maximum Gasteiger partial charge on any atom is 0.269 e. The second-order valence-corrected chi connectivity index (χ2v) is 7.00. The molecule has 0 spiro atoms. The number of nitrogens with zero attached hydrogens (tertiary/aromatic N) is 2. The largest absolute Gasteiger partial charge is 0.484 e. The van der Waals surface area contributed by atoms with Crippen LogP contribution < -0.4 is 10.1 Å². The highest BCUT2D eigenvalue weighted by Crippen LogP contribution is 2.23. The van der Waals surface area contributed by atoms with Gasteiger partial charge in [-0.2, -0.15) is 0 Å². The molecule has 0 aliphatic carbocycles. The van der Waals surface area contributed by atoms with Crippen molar-refractivity contribution in [3.05, 3.63) is 69.2 Å². The maximum absolute atomic E-state index is 12.3. The molecule has 29 heavy (non-hydrogen) atoms. The summed E-state index contributed by atoms with van der Waals surface area (Å²) in [7, 11) is 0. The zero-order valence-corrected chi connectivity index (χ0v) is 16.5. The third-order valence-corrected chi connectivity index (χ3v) is 4.90. The number of hydrogen-bond acceptors (Lipinski definition) is 6. The topological polar surface area (TPSA) is 93.9 Å². The molecule has 2 aromatic rings. The molecule has 1 heterocycles. The van der Waals surface area contributed by atoms with E-state index in [0.29, 0.717) is 30.5 Å². The van der Waals surface area contributed by atoms with E-state index in [9.17, 15) is 14.9 Å². The molecule has 0 bridgehead atoms. The summed E-state index contributed by atoms with van der Waals surface area (Å²) in [6.45, 7) is 3.12. The van der Waals surface area contributed by atoms with Crippen LogP contribution in [0.4, 0.5) is 5.69 Å². The van der Waals surface area contributed by atoms with Gasteiger partial charge in [0.1, 0.15) is 5.75 Å². The first kappa shape index (κ1) is 21.0. The lowest BCUT2D eigenvalue weighted by molar-refractivity contribution is -0.384. The number of nitrogens with one attached hydrogen (secondary N) is 1. The van der Waals surface area contributed by atoms with Crippen LogP contribution in [0.2, 0.25) is 5.02 Å². The number of carbonyl (C=O) groups is 1. The average molecular weight is 420 g/mol. The van der Waals surface area contributed by atoms with Crippen molar-refractivity contribution in [1.82, 2.24) is 10.2 Å². The van der Waals surface area contributed by atoms with Crippen LogP contribution in [0.15, 0.2) is 48.5 Å². The fourth-order valence-corrected chi connectivity index (χ4v) is 3.23. The smallest absolute Gasteiger partial charge is 0.269 e. The molecule has 8 nitrogen and oxygen atoms in total. The number of benzene rings is 2. The predicted molar refractivity (Wildman–Crippen MR) is 108 cm³/mol. The second kappa shape index (κ2) is 10.2. The molecule has 3 rings (SSSR count). The molecule has 0 aromatic heterocycles. The highest BCUT2D eigenvalue weighted by atomic mass is 35.5. The van der Waals surface area contributed by atoms with E-state index >= 15 is 0 Å². The summed E-state index contributed by atoms with van der Waals surface area (Å²) in [5.74, 6) is 0.128. The van der Waals surface area contributed by atoms with E-state index in [-0.39, 0.29) is 24.2 Å². The van der Waals surface area contributed by atoms with Gasteiger partial charge in [0.15, 0.2) is 6.61 Å². The molecular weight excluding hydrogens is 398 g/mol. The summed E-state index contributed by atoms with van der Waals surface area (Å²) in [6.07, 6.45) is 0. The zero-order chi connectivity index (χ0) is 20.6. The molecule has 1 saturated heterocycles. The lowest BCUT2D eigenvalue weighted by atomic mass is 10.0. The van der Waals surface area contributed by atoms with Crippen molar-refractivity contribution in [3.8, 4) is 5.75 Å². The van der Waals surface area contributed by atoms with Crippen LogP contribution in [-0.2, 0) is 9.53 Å². The number of amides is 1. The van der Waals surface area contributed by atoms with Crippen LogP contribution in [-0.4, -0.2) is 55.2 Å². The number of halogens is 1. The van der Waals surface area contributed by atoms with Gasteiger partial charge in [0, 0.05) is 36.8 Å². The molecule has 1 aliphatic rings.